The number of ether oxygens (including phenoxy) is 1. The average Bonchev–Trinajstić information content (AvgIpc) is 2.53. The molecule has 0 aliphatic carbocycles. The number of carbonyl (C=O) groups is 1. The lowest BCUT2D eigenvalue weighted by Gasteiger charge is -1.95. The van der Waals surface area contributed by atoms with E-state index in [9.17, 15) is 9.90 Å². The Hall–Kier alpha value is -2.03. The predicted octanol–water partition coefficient (Wildman–Crippen LogP) is 2.06. The number of hydrogen-bond acceptors (Lipinski definition) is 3. The van der Waals surface area contributed by atoms with Crippen molar-refractivity contribution in [3.63, 3.8) is 0 Å². The molecule has 0 saturated heterocycles. The van der Waals surface area contributed by atoms with Crippen LogP contribution < -0.4 is 4.74 Å². The quantitative estimate of drug-likeness (QED) is 0.317. The number of aliphatic hydroxyl groups is 1. The molecule has 0 fully saturated rings. The van der Waals surface area contributed by atoms with E-state index in [0.29, 0.717) is 11.3 Å². The highest BCUT2D eigenvalue weighted by atomic mass is 16.5. The lowest BCUT2D eigenvalue weighted by atomic mass is 10.1. The summed E-state index contributed by atoms with van der Waals surface area (Å²) in [7, 11) is 0. The fraction of sp³-hybridized carbons (Fsp3) is 0. The van der Waals surface area contributed by atoms with Gasteiger partial charge in [0.1, 0.15) is 17.1 Å². The van der Waals surface area contributed by atoms with Crippen LogP contribution in [0.2, 0.25) is 0 Å². The van der Waals surface area contributed by atoms with Crippen molar-refractivity contribution in [1.29, 1.82) is 0 Å². The molecule has 0 unspecified atom stereocenters. The number of fused-ring (bicyclic) bond motifs is 1. The van der Waals surface area contributed by atoms with E-state index in [1.165, 1.54) is 6.08 Å². The first-order valence-electron chi connectivity index (χ1n) is 4.11. The second-order valence-electron chi connectivity index (χ2n) is 2.85. The van der Waals surface area contributed by atoms with Crippen molar-refractivity contribution in [1.82, 2.24) is 0 Å². The Balaban J connectivity index is 2.66. The molecule has 3 heteroatoms. The Morgan fingerprint density at radius 2 is 2.14 bits per heavy atom. The zero-order chi connectivity index (χ0) is 10.1. The van der Waals surface area contributed by atoms with Crippen molar-refractivity contribution in [2.45, 2.75) is 0 Å². The van der Waals surface area contributed by atoms with Crippen molar-refractivity contribution in [2.75, 3.05) is 0 Å². The van der Waals surface area contributed by atoms with Gasteiger partial charge in [0.25, 0.3) is 0 Å². The molecule has 0 saturated carbocycles. The number of esters is 1. The number of hydrogen-bond donors (Lipinski definition) is 1. The fourth-order valence-corrected chi connectivity index (χ4v) is 1.37. The minimum atomic E-state index is -0.538. The van der Waals surface area contributed by atoms with E-state index in [2.05, 4.69) is 6.58 Å². The summed E-state index contributed by atoms with van der Waals surface area (Å²) < 4.78 is 4.94. The summed E-state index contributed by atoms with van der Waals surface area (Å²) in [5, 5.41) is 9.44. The Morgan fingerprint density at radius 3 is 2.86 bits per heavy atom. The van der Waals surface area contributed by atoms with E-state index >= 15 is 0 Å². The predicted molar refractivity (Wildman–Crippen MR) is 51.8 cm³/mol. The number of rotatable bonds is 1. The van der Waals surface area contributed by atoms with E-state index in [1.807, 2.05) is 0 Å². The third kappa shape index (κ3) is 1.10. The lowest BCUT2D eigenvalue weighted by Crippen LogP contribution is -2.02. The van der Waals surface area contributed by atoms with Gasteiger partial charge in [-0.05, 0) is 12.1 Å². The zero-order valence-electron chi connectivity index (χ0n) is 7.36. The van der Waals surface area contributed by atoms with Gasteiger partial charge < -0.3 is 9.84 Å². The maximum Gasteiger partial charge on any atom is 0.348 e. The second kappa shape index (κ2) is 3.03. The summed E-state index contributed by atoms with van der Waals surface area (Å²) in [6.07, 6.45) is 1.22. The van der Waals surface area contributed by atoms with Crippen LogP contribution in [0.4, 0.5) is 0 Å². The van der Waals surface area contributed by atoms with Gasteiger partial charge in [0, 0.05) is 5.56 Å². The summed E-state index contributed by atoms with van der Waals surface area (Å²) in [6.45, 7) is 3.40. The van der Waals surface area contributed by atoms with Gasteiger partial charge in [0.15, 0.2) is 0 Å². The molecule has 0 aromatic heterocycles. The summed E-state index contributed by atoms with van der Waals surface area (Å²) >= 11 is 0. The molecule has 70 valence electrons. The minimum absolute atomic E-state index is 0.153. The van der Waals surface area contributed by atoms with E-state index in [0.717, 1.165) is 0 Å². The van der Waals surface area contributed by atoms with Crippen LogP contribution in [-0.4, -0.2) is 11.1 Å². The Bertz CT molecular complexity index is 444. The van der Waals surface area contributed by atoms with E-state index < -0.39 is 5.97 Å². The van der Waals surface area contributed by atoms with Gasteiger partial charge in [-0.15, -0.1) is 0 Å². The van der Waals surface area contributed by atoms with Gasteiger partial charge in [0.2, 0.25) is 0 Å². The van der Waals surface area contributed by atoms with Gasteiger partial charge in [-0.3, -0.25) is 0 Å². The highest BCUT2D eigenvalue weighted by Gasteiger charge is 2.28. The van der Waals surface area contributed by atoms with Crippen LogP contribution in [0.1, 0.15) is 5.56 Å². The maximum absolute atomic E-state index is 11.3. The molecule has 1 aliphatic heterocycles. The highest BCUT2D eigenvalue weighted by Crippen LogP contribution is 2.35. The Labute approximate surface area is 80.9 Å². The molecular weight excluding hydrogens is 180 g/mol. The smallest absolute Gasteiger partial charge is 0.348 e. The number of para-hydroxylation sites is 1. The number of benzene rings is 1. The summed E-state index contributed by atoms with van der Waals surface area (Å²) in [6, 6.07) is 6.93. The topological polar surface area (TPSA) is 46.5 Å². The van der Waals surface area contributed by atoms with Gasteiger partial charge in [-0.1, -0.05) is 24.8 Å². The molecule has 0 atom stereocenters. The second-order valence-corrected chi connectivity index (χ2v) is 2.85. The largest absolute Gasteiger partial charge is 0.507 e. The molecule has 1 aromatic rings. The van der Waals surface area contributed by atoms with E-state index in [1.54, 1.807) is 24.3 Å². The van der Waals surface area contributed by atoms with Gasteiger partial charge >= 0.3 is 5.97 Å². The molecule has 1 aromatic carbocycles. The van der Waals surface area contributed by atoms with Crippen LogP contribution >= 0.6 is 0 Å². The van der Waals surface area contributed by atoms with E-state index in [4.69, 9.17) is 4.74 Å². The molecule has 0 amide bonds. The third-order valence-electron chi connectivity index (χ3n) is 2.01. The molecule has 1 N–H and O–H groups in total. The molecule has 14 heavy (non-hydrogen) atoms. The first-order valence-corrected chi connectivity index (χ1v) is 4.11. The van der Waals surface area contributed by atoms with Crippen molar-refractivity contribution >= 4 is 11.5 Å². The number of aliphatic hydroxyl groups excluding tert-OH is 1. The van der Waals surface area contributed by atoms with Gasteiger partial charge in [-0.2, -0.15) is 0 Å². The summed E-state index contributed by atoms with van der Waals surface area (Å²) in [4.78, 5) is 11.3. The minimum Gasteiger partial charge on any atom is -0.507 e. The third-order valence-corrected chi connectivity index (χ3v) is 2.01. The average molecular weight is 188 g/mol. The van der Waals surface area contributed by atoms with Crippen LogP contribution in [0.25, 0.3) is 5.57 Å². The Morgan fingerprint density at radius 1 is 1.43 bits per heavy atom. The molecule has 0 bridgehead atoms. The van der Waals surface area contributed by atoms with Crippen LogP contribution in [0, 0.1) is 0 Å². The first kappa shape index (κ1) is 8.56. The normalized spacial score (nSPS) is 17.3. The van der Waals surface area contributed by atoms with Gasteiger partial charge in [0.05, 0.1) is 0 Å². The van der Waals surface area contributed by atoms with Crippen LogP contribution in [-0.2, 0) is 4.79 Å². The molecular formula is C11H8O3. The maximum atomic E-state index is 11.3. The summed E-state index contributed by atoms with van der Waals surface area (Å²) in [5.41, 5.74) is 0.783. The molecule has 1 aliphatic rings. The molecule has 2 rings (SSSR count). The number of carbonyl (C=O) groups excluding carboxylic acids is 1. The molecule has 3 nitrogen and oxygen atoms in total. The lowest BCUT2D eigenvalue weighted by molar-refractivity contribution is -0.127. The fourth-order valence-electron chi connectivity index (χ4n) is 1.37. The SMILES string of the molecule is C=CC(O)=C1C(=O)Oc2ccccc21. The van der Waals surface area contributed by atoms with Crippen molar-refractivity contribution in [2.24, 2.45) is 0 Å². The zero-order valence-corrected chi connectivity index (χ0v) is 7.36. The number of allylic oxidation sites excluding steroid dienone is 1. The molecule has 1 heterocycles. The Kier molecular flexibility index (Phi) is 1.85. The van der Waals surface area contributed by atoms with Crippen molar-refractivity contribution in [3.8, 4) is 5.75 Å². The summed E-state index contributed by atoms with van der Waals surface area (Å²) in [5.74, 6) is -0.218. The van der Waals surface area contributed by atoms with Crippen molar-refractivity contribution in [3.05, 3.63) is 48.2 Å². The van der Waals surface area contributed by atoms with Gasteiger partial charge in [-0.25, -0.2) is 4.79 Å². The molecule has 0 radical (unpaired) electrons. The van der Waals surface area contributed by atoms with Crippen LogP contribution in [0.5, 0.6) is 5.75 Å². The standard InChI is InChI=1S/C11H8O3/c1-2-8(12)10-7-5-3-4-6-9(7)14-11(10)13/h2-6,12H,1H2. The molecule has 0 spiro atoms. The van der Waals surface area contributed by atoms with Crippen LogP contribution in [0.15, 0.2) is 42.7 Å². The monoisotopic (exact) mass is 188 g/mol. The van der Waals surface area contributed by atoms with Crippen LogP contribution in [0.3, 0.4) is 0 Å². The van der Waals surface area contributed by atoms with Crippen molar-refractivity contribution < 1.29 is 14.6 Å². The van der Waals surface area contributed by atoms with E-state index in [-0.39, 0.29) is 11.3 Å². The first-order chi connectivity index (χ1) is 6.74. The highest BCUT2D eigenvalue weighted by molar-refractivity contribution is 6.22.